The van der Waals surface area contributed by atoms with Crippen molar-refractivity contribution >= 4 is 39.6 Å². The summed E-state index contributed by atoms with van der Waals surface area (Å²) in [6.07, 6.45) is 2.73. The molecule has 0 aliphatic carbocycles. The number of hydrogen-bond donors (Lipinski definition) is 2. The maximum atomic E-state index is 14.8. The van der Waals surface area contributed by atoms with Gasteiger partial charge in [-0.05, 0) is 44.7 Å². The van der Waals surface area contributed by atoms with Crippen LogP contribution in [0.5, 0.6) is 0 Å². The van der Waals surface area contributed by atoms with E-state index in [4.69, 9.17) is 9.47 Å². The van der Waals surface area contributed by atoms with Gasteiger partial charge in [0.05, 0.1) is 36.6 Å². The maximum Gasteiger partial charge on any atom is 0.313 e. The molecule has 3 fully saturated rings. The molecule has 3 amide bonds. The molecule has 3 aliphatic heterocycles. The van der Waals surface area contributed by atoms with Gasteiger partial charge >= 0.3 is 5.97 Å². The van der Waals surface area contributed by atoms with E-state index in [1.54, 1.807) is 36.1 Å². The van der Waals surface area contributed by atoms with E-state index in [-0.39, 0.29) is 35.6 Å². The monoisotopic (exact) mass is 735 g/mol. The molecule has 1 spiro atoms. The average Bonchev–Trinajstić information content (AvgIpc) is 3.69. The zero-order valence-corrected chi connectivity index (χ0v) is 29.8. The summed E-state index contributed by atoms with van der Waals surface area (Å²) in [7, 11) is 0. The van der Waals surface area contributed by atoms with Crippen molar-refractivity contribution < 1.29 is 33.8 Å². The SMILES string of the molecule is C=CCCC(=O)N[C@@H](C)[C@H](OC(=O)[C@H]1[C@@H]2O[C@@]3(CC2Br)[C@@H]1C(=O)N([C@H](CO)c1ccccc1)[C@@H]3C(=O)N(CC=C)C(C)C)c1ccccc1. The number of esters is 1. The number of allylic oxidation sites excluding steroid dienone is 1. The number of halogens is 1. The fourth-order valence-corrected chi connectivity index (χ4v) is 8.72. The highest BCUT2D eigenvalue weighted by Crippen LogP contribution is 2.61. The van der Waals surface area contributed by atoms with Crippen molar-refractivity contribution in [2.75, 3.05) is 13.2 Å². The predicted octanol–water partition coefficient (Wildman–Crippen LogP) is 4.65. The third kappa shape index (κ3) is 6.85. The summed E-state index contributed by atoms with van der Waals surface area (Å²) in [6, 6.07) is 15.4. The number of hydrogen-bond acceptors (Lipinski definition) is 7. The van der Waals surface area contributed by atoms with Gasteiger partial charge in [-0.3, -0.25) is 19.2 Å². The van der Waals surface area contributed by atoms with Crippen LogP contribution in [0.25, 0.3) is 0 Å². The first-order valence-corrected chi connectivity index (χ1v) is 17.8. The topological polar surface area (TPSA) is 125 Å². The first-order valence-electron chi connectivity index (χ1n) is 16.9. The average molecular weight is 737 g/mol. The third-order valence-corrected chi connectivity index (χ3v) is 10.8. The van der Waals surface area contributed by atoms with Gasteiger partial charge in [-0.15, -0.1) is 13.2 Å². The second-order valence-corrected chi connectivity index (χ2v) is 14.5. The molecule has 1 unspecified atom stereocenters. The van der Waals surface area contributed by atoms with Gasteiger partial charge in [-0.2, -0.15) is 0 Å². The molecule has 0 saturated carbocycles. The summed E-state index contributed by atoms with van der Waals surface area (Å²) in [5.41, 5.74) is -0.0306. The lowest BCUT2D eigenvalue weighted by Gasteiger charge is -2.40. The van der Waals surface area contributed by atoms with Gasteiger partial charge in [0.2, 0.25) is 17.7 Å². The minimum atomic E-state index is -1.36. The zero-order chi connectivity index (χ0) is 35.5. The normalized spacial score (nSPS) is 27.3. The van der Waals surface area contributed by atoms with Crippen molar-refractivity contribution in [3.63, 3.8) is 0 Å². The Hall–Kier alpha value is -3.80. The highest BCUT2D eigenvalue weighted by molar-refractivity contribution is 9.09. The quantitative estimate of drug-likeness (QED) is 0.155. The molecule has 3 heterocycles. The van der Waals surface area contributed by atoms with E-state index in [1.807, 2.05) is 62.4 Å². The molecule has 9 atom stereocenters. The third-order valence-electron chi connectivity index (χ3n) is 9.95. The minimum absolute atomic E-state index is 0.208. The van der Waals surface area contributed by atoms with Crippen LogP contribution in [-0.2, 0) is 28.7 Å². The summed E-state index contributed by atoms with van der Waals surface area (Å²) in [4.78, 5) is 59.4. The first-order chi connectivity index (χ1) is 23.5. The van der Waals surface area contributed by atoms with Crippen LogP contribution in [0.2, 0.25) is 0 Å². The van der Waals surface area contributed by atoms with Crippen LogP contribution < -0.4 is 5.32 Å². The second kappa shape index (κ2) is 15.4. The molecule has 2 aromatic carbocycles. The van der Waals surface area contributed by atoms with Crippen molar-refractivity contribution in [2.24, 2.45) is 11.8 Å². The van der Waals surface area contributed by atoms with E-state index in [1.165, 1.54) is 4.90 Å². The summed E-state index contributed by atoms with van der Waals surface area (Å²) in [5, 5.41) is 13.7. The Morgan fingerprint density at radius 3 is 2.29 bits per heavy atom. The van der Waals surface area contributed by atoms with Crippen LogP contribution in [-0.4, -0.2) is 86.4 Å². The van der Waals surface area contributed by atoms with Gasteiger partial charge in [0.25, 0.3) is 0 Å². The molecular weight excluding hydrogens is 690 g/mol. The number of aliphatic hydroxyl groups is 1. The van der Waals surface area contributed by atoms with Gasteiger partial charge in [0, 0.05) is 23.8 Å². The Morgan fingerprint density at radius 2 is 1.71 bits per heavy atom. The number of amides is 3. The summed E-state index contributed by atoms with van der Waals surface area (Å²) < 4.78 is 13.0. The van der Waals surface area contributed by atoms with Crippen LogP contribution in [0, 0.1) is 11.8 Å². The molecule has 2 N–H and O–H groups in total. The molecular formula is C38H46BrN3O7. The van der Waals surface area contributed by atoms with Gasteiger partial charge in [-0.1, -0.05) is 88.7 Å². The Morgan fingerprint density at radius 1 is 1.08 bits per heavy atom. The highest BCUT2D eigenvalue weighted by Gasteiger charge is 2.77. The Bertz CT molecular complexity index is 1540. The lowest BCUT2D eigenvalue weighted by molar-refractivity contribution is -0.162. The minimum Gasteiger partial charge on any atom is -0.455 e. The van der Waals surface area contributed by atoms with Crippen LogP contribution in [0.15, 0.2) is 86.0 Å². The van der Waals surface area contributed by atoms with E-state index in [0.717, 1.165) is 0 Å². The number of aliphatic hydroxyl groups excluding tert-OH is 1. The Labute approximate surface area is 296 Å². The van der Waals surface area contributed by atoms with E-state index in [2.05, 4.69) is 34.4 Å². The number of nitrogens with one attached hydrogen (secondary N) is 1. The van der Waals surface area contributed by atoms with E-state index >= 15 is 0 Å². The predicted molar refractivity (Wildman–Crippen MR) is 188 cm³/mol. The molecule has 0 radical (unpaired) electrons. The second-order valence-electron chi connectivity index (χ2n) is 13.3. The number of nitrogens with zero attached hydrogens (tertiary/aromatic N) is 2. The van der Waals surface area contributed by atoms with Crippen LogP contribution in [0.1, 0.15) is 63.3 Å². The van der Waals surface area contributed by atoms with E-state index in [9.17, 15) is 24.3 Å². The molecule has 3 aliphatic rings. The smallest absolute Gasteiger partial charge is 0.313 e. The Kier molecular flexibility index (Phi) is 11.5. The summed E-state index contributed by atoms with van der Waals surface area (Å²) in [6.45, 7) is 12.9. The molecule has 262 valence electrons. The summed E-state index contributed by atoms with van der Waals surface area (Å²) in [5.74, 6) is -3.75. The number of carbonyl (C=O) groups excluding carboxylic acids is 4. The fourth-order valence-electron chi connectivity index (χ4n) is 7.77. The van der Waals surface area contributed by atoms with Crippen molar-refractivity contribution in [2.45, 2.75) is 86.8 Å². The number of ether oxygens (including phenoxy) is 2. The first kappa shape index (κ1) is 36.5. The molecule has 0 aromatic heterocycles. The molecule has 49 heavy (non-hydrogen) atoms. The summed E-state index contributed by atoms with van der Waals surface area (Å²) >= 11 is 3.73. The van der Waals surface area contributed by atoms with Crippen molar-refractivity contribution in [3.8, 4) is 0 Å². The van der Waals surface area contributed by atoms with E-state index in [0.29, 0.717) is 24.0 Å². The van der Waals surface area contributed by atoms with Gasteiger partial charge in [-0.25, -0.2) is 0 Å². The van der Waals surface area contributed by atoms with Crippen LogP contribution >= 0.6 is 15.9 Å². The lowest BCUT2D eigenvalue weighted by Crippen LogP contribution is -2.58. The molecule has 2 bridgehead atoms. The number of likely N-dealkylation sites (tertiary alicyclic amines) is 1. The molecule has 3 saturated heterocycles. The van der Waals surface area contributed by atoms with Gasteiger partial charge < -0.3 is 29.7 Å². The van der Waals surface area contributed by atoms with Crippen LogP contribution in [0.4, 0.5) is 0 Å². The molecule has 11 heteroatoms. The van der Waals surface area contributed by atoms with Crippen molar-refractivity contribution in [3.05, 3.63) is 97.1 Å². The number of benzene rings is 2. The number of carbonyl (C=O) groups is 4. The number of fused-ring (bicyclic) bond motifs is 1. The molecule has 10 nitrogen and oxygen atoms in total. The lowest BCUT2D eigenvalue weighted by atomic mass is 9.70. The van der Waals surface area contributed by atoms with Gasteiger partial charge in [0.1, 0.15) is 17.7 Å². The van der Waals surface area contributed by atoms with Crippen LogP contribution in [0.3, 0.4) is 0 Å². The highest BCUT2D eigenvalue weighted by atomic mass is 79.9. The van der Waals surface area contributed by atoms with Gasteiger partial charge in [0.15, 0.2) is 0 Å². The zero-order valence-electron chi connectivity index (χ0n) is 28.2. The molecule has 5 rings (SSSR count). The standard InChI is InChI=1S/C38H46BrN3O7/c1-6-8-19-29(44)40-24(5)32(26-17-13-10-14-18-26)48-37(47)30-31-35(45)42(28(22-43)25-15-11-9-12-16-25)34(36(46)41(20-7-2)23(3)4)38(31)21-27(39)33(30)49-38/h6-7,9-18,23-24,27-28,30-34,43H,1-2,8,19-22H2,3-5H3,(H,40,44)/t24-,27?,28+,30+,31-,32-,33+,34+,38-/m0/s1. The molecule has 2 aromatic rings. The fraction of sp³-hybridized carbons (Fsp3) is 0.474. The van der Waals surface area contributed by atoms with Crippen molar-refractivity contribution in [1.82, 2.24) is 15.1 Å². The number of alkyl halides is 1. The Balaban J connectivity index is 1.55. The number of rotatable bonds is 15. The van der Waals surface area contributed by atoms with E-state index < -0.39 is 66.3 Å². The maximum absolute atomic E-state index is 14.8. The largest absolute Gasteiger partial charge is 0.455 e. The van der Waals surface area contributed by atoms with Crippen molar-refractivity contribution in [1.29, 1.82) is 0 Å².